The van der Waals surface area contributed by atoms with Crippen molar-refractivity contribution in [2.75, 3.05) is 0 Å². The van der Waals surface area contributed by atoms with Gasteiger partial charge in [-0.05, 0) is 0 Å². The second-order valence-corrected chi connectivity index (χ2v) is 3.77. The zero-order chi connectivity index (χ0) is 10.9. The van der Waals surface area contributed by atoms with Crippen molar-refractivity contribution in [3.63, 3.8) is 0 Å². The van der Waals surface area contributed by atoms with E-state index in [1.807, 2.05) is 11.4 Å². The van der Waals surface area contributed by atoms with Crippen LogP contribution in [0.15, 0.2) is 0 Å². The maximum atomic E-state index is 11.3. The minimum Gasteiger partial charge on any atom is -0.302 e. The van der Waals surface area contributed by atoms with E-state index in [2.05, 4.69) is 4.85 Å². The Hall–Kier alpha value is -1.88. The van der Waals surface area contributed by atoms with Crippen molar-refractivity contribution in [3.05, 3.63) is 11.4 Å². The average molecular weight is 191 g/mol. The minimum atomic E-state index is -0.968. The molecule has 1 fully saturated rings. The molecule has 14 heavy (non-hydrogen) atoms. The lowest BCUT2D eigenvalue weighted by molar-refractivity contribution is -0.140. The predicted molar refractivity (Wildman–Crippen MR) is 46.4 cm³/mol. The number of piperidine rings is 1. The fourth-order valence-electron chi connectivity index (χ4n) is 1.55. The van der Waals surface area contributed by atoms with Gasteiger partial charge in [-0.3, -0.25) is 14.9 Å². The summed E-state index contributed by atoms with van der Waals surface area (Å²) in [6, 6.07) is 0.853. The molecule has 0 bridgehead atoms. The Morgan fingerprint density at radius 1 is 1.50 bits per heavy atom. The van der Waals surface area contributed by atoms with Gasteiger partial charge in [0, 0.05) is 0 Å². The number of carbonyl (C=O) groups excluding carboxylic acids is 2. The first kappa shape index (κ1) is 10.2. The van der Waals surface area contributed by atoms with Gasteiger partial charge in [-0.15, -0.1) is 0 Å². The van der Waals surface area contributed by atoms with Crippen LogP contribution in [-0.4, -0.2) is 17.9 Å². The first-order valence-corrected chi connectivity index (χ1v) is 4.06. The van der Waals surface area contributed by atoms with Gasteiger partial charge in [0.05, 0.1) is 11.5 Å². The summed E-state index contributed by atoms with van der Waals surface area (Å²) in [6.45, 7) is 10.0. The summed E-state index contributed by atoms with van der Waals surface area (Å²) in [4.78, 5) is 25.7. The Bertz CT molecular complexity index is 338. The topological polar surface area (TPSA) is 74.3 Å². The molecule has 1 heterocycles. The number of hydrogen-bond acceptors (Lipinski definition) is 3. The highest BCUT2D eigenvalue weighted by Crippen LogP contribution is 2.35. The van der Waals surface area contributed by atoms with Crippen LogP contribution < -0.4 is 5.32 Å². The molecule has 0 aromatic rings. The molecule has 1 aliphatic heterocycles. The number of imide groups is 1. The summed E-state index contributed by atoms with van der Waals surface area (Å²) in [7, 11) is 0. The molecule has 1 aliphatic rings. The molecule has 0 radical (unpaired) electrons. The van der Waals surface area contributed by atoms with Crippen LogP contribution >= 0.6 is 0 Å². The van der Waals surface area contributed by atoms with E-state index < -0.39 is 29.2 Å². The number of amides is 2. The van der Waals surface area contributed by atoms with Gasteiger partial charge in [0.2, 0.25) is 5.91 Å². The third-order valence-electron chi connectivity index (χ3n) is 2.46. The highest BCUT2D eigenvalue weighted by Gasteiger charge is 2.54. The Balaban J connectivity index is 3.17. The van der Waals surface area contributed by atoms with Crippen LogP contribution in [0, 0.1) is 29.2 Å². The number of nitriles is 1. The van der Waals surface area contributed by atoms with Crippen LogP contribution in [-0.2, 0) is 9.59 Å². The van der Waals surface area contributed by atoms with E-state index in [4.69, 9.17) is 11.8 Å². The molecular formula is C9H9N3O2. The molecule has 72 valence electrons. The highest BCUT2D eigenvalue weighted by molar-refractivity contribution is 6.04. The third-order valence-corrected chi connectivity index (χ3v) is 2.46. The third kappa shape index (κ3) is 1.23. The Morgan fingerprint density at radius 2 is 2.07 bits per heavy atom. The summed E-state index contributed by atoms with van der Waals surface area (Å²) in [5.41, 5.74) is -0.921. The lowest BCUT2D eigenvalue weighted by atomic mass is 9.71. The lowest BCUT2D eigenvalue weighted by Crippen LogP contribution is -2.57. The Kier molecular flexibility index (Phi) is 2.27. The smallest absolute Gasteiger partial charge is 0.302 e. The molecule has 2 amide bonds. The van der Waals surface area contributed by atoms with E-state index in [-0.39, 0.29) is 0 Å². The summed E-state index contributed by atoms with van der Waals surface area (Å²) >= 11 is 0. The van der Waals surface area contributed by atoms with Gasteiger partial charge in [-0.25, -0.2) is 6.57 Å². The van der Waals surface area contributed by atoms with Gasteiger partial charge < -0.3 is 4.85 Å². The zero-order valence-electron chi connectivity index (χ0n) is 7.87. The quantitative estimate of drug-likeness (QED) is 0.435. The first-order chi connectivity index (χ1) is 6.45. The van der Waals surface area contributed by atoms with Gasteiger partial charge in [-0.2, -0.15) is 5.26 Å². The lowest BCUT2D eigenvalue weighted by Gasteiger charge is -2.32. The molecule has 1 saturated heterocycles. The fraction of sp³-hybridized carbons (Fsp3) is 0.556. The first-order valence-electron chi connectivity index (χ1n) is 4.06. The zero-order valence-corrected chi connectivity index (χ0v) is 7.87. The number of carbonyl (C=O) groups is 2. The van der Waals surface area contributed by atoms with E-state index in [0.29, 0.717) is 0 Å². The van der Waals surface area contributed by atoms with E-state index in [0.717, 1.165) is 0 Å². The standard InChI is InChI=1S/C9H9N3O2/c1-9(2)5(4-10)7(13)12-8(14)6(9)11-3/h5-6H,1-2H3,(H,12,13,14). The second kappa shape index (κ2) is 3.12. The molecule has 0 aliphatic carbocycles. The van der Waals surface area contributed by atoms with Gasteiger partial charge in [0.1, 0.15) is 5.92 Å². The normalized spacial score (nSPS) is 30.0. The second-order valence-electron chi connectivity index (χ2n) is 3.77. The van der Waals surface area contributed by atoms with Crippen LogP contribution in [0.25, 0.3) is 4.85 Å². The maximum absolute atomic E-state index is 11.3. The molecular weight excluding hydrogens is 182 g/mol. The van der Waals surface area contributed by atoms with E-state index in [1.165, 1.54) is 0 Å². The molecule has 0 aromatic heterocycles. The SMILES string of the molecule is [C-]#[N+]C1C(=O)NC(=O)C(C#N)C1(C)C. The summed E-state index contributed by atoms with van der Waals surface area (Å²) in [6.07, 6.45) is 0. The largest absolute Gasteiger partial charge is 0.310 e. The van der Waals surface area contributed by atoms with Crippen molar-refractivity contribution in [2.45, 2.75) is 19.9 Å². The molecule has 1 rings (SSSR count). The van der Waals surface area contributed by atoms with Crippen molar-refractivity contribution in [1.29, 1.82) is 5.26 Å². The van der Waals surface area contributed by atoms with Crippen LogP contribution in [0.1, 0.15) is 13.8 Å². The Morgan fingerprint density at radius 3 is 2.50 bits per heavy atom. The summed E-state index contributed by atoms with van der Waals surface area (Å²) in [5, 5.41) is 10.8. The van der Waals surface area contributed by atoms with Crippen LogP contribution in [0.4, 0.5) is 0 Å². The molecule has 0 spiro atoms. The van der Waals surface area contributed by atoms with Crippen molar-refractivity contribution >= 4 is 11.8 Å². The van der Waals surface area contributed by atoms with Crippen molar-refractivity contribution in [2.24, 2.45) is 11.3 Å². The monoisotopic (exact) mass is 191 g/mol. The molecule has 5 heteroatoms. The average Bonchev–Trinajstić information content (AvgIpc) is 2.02. The molecule has 0 saturated carbocycles. The van der Waals surface area contributed by atoms with Gasteiger partial charge in [-0.1, -0.05) is 13.8 Å². The number of rotatable bonds is 0. The molecule has 1 N–H and O–H groups in total. The van der Waals surface area contributed by atoms with E-state index >= 15 is 0 Å². The molecule has 5 nitrogen and oxygen atoms in total. The number of nitrogens with one attached hydrogen (secondary N) is 1. The van der Waals surface area contributed by atoms with Gasteiger partial charge >= 0.3 is 11.9 Å². The number of hydrogen-bond donors (Lipinski definition) is 1. The molecule has 0 aromatic carbocycles. The minimum absolute atomic E-state index is 0.609. The van der Waals surface area contributed by atoms with E-state index in [1.54, 1.807) is 13.8 Å². The number of nitrogens with zero attached hydrogens (tertiary/aromatic N) is 2. The van der Waals surface area contributed by atoms with Crippen LogP contribution in [0.3, 0.4) is 0 Å². The van der Waals surface area contributed by atoms with Crippen molar-refractivity contribution < 1.29 is 9.59 Å². The summed E-state index contributed by atoms with van der Waals surface area (Å²) in [5.74, 6) is -2.16. The van der Waals surface area contributed by atoms with Crippen molar-refractivity contribution in [1.82, 2.24) is 5.32 Å². The predicted octanol–water partition coefficient (Wildman–Crippen LogP) is 0.0967. The maximum Gasteiger partial charge on any atom is 0.310 e. The molecule has 2 unspecified atom stereocenters. The van der Waals surface area contributed by atoms with Crippen molar-refractivity contribution in [3.8, 4) is 6.07 Å². The van der Waals surface area contributed by atoms with E-state index in [9.17, 15) is 9.59 Å². The highest BCUT2D eigenvalue weighted by atomic mass is 16.2. The summed E-state index contributed by atoms with van der Waals surface area (Å²) < 4.78 is 0. The Labute approximate surface area is 81.5 Å². The van der Waals surface area contributed by atoms with Crippen LogP contribution in [0.2, 0.25) is 0 Å². The molecule has 2 atom stereocenters. The van der Waals surface area contributed by atoms with Crippen LogP contribution in [0.5, 0.6) is 0 Å². The van der Waals surface area contributed by atoms with Gasteiger partial charge in [0.15, 0.2) is 0 Å². The fourth-order valence-corrected chi connectivity index (χ4v) is 1.55. The van der Waals surface area contributed by atoms with Gasteiger partial charge in [0.25, 0.3) is 0 Å².